The van der Waals surface area contributed by atoms with Gasteiger partial charge in [0.25, 0.3) is 0 Å². The van der Waals surface area contributed by atoms with Crippen molar-refractivity contribution >= 4 is 21.6 Å². The second-order valence-corrected chi connectivity index (χ2v) is 8.72. The van der Waals surface area contributed by atoms with E-state index >= 15 is 0 Å². The monoisotopic (exact) mass is 382 g/mol. The number of carbonyl (C=O) groups excluding carboxylic acids is 1. The summed E-state index contributed by atoms with van der Waals surface area (Å²) in [6.45, 7) is 3.27. The molecule has 26 heavy (non-hydrogen) atoms. The Morgan fingerprint density at radius 3 is 2.58 bits per heavy atom. The summed E-state index contributed by atoms with van der Waals surface area (Å²) < 4.78 is 37.1. The van der Waals surface area contributed by atoms with E-state index in [0.717, 1.165) is 31.1 Å². The van der Waals surface area contributed by atoms with E-state index < -0.39 is 16.3 Å². The van der Waals surface area contributed by atoms with Gasteiger partial charge in [0.1, 0.15) is 6.54 Å². The first kappa shape index (κ1) is 19.1. The molecule has 2 aliphatic rings. The fraction of sp³-hybridized carbons (Fsp3) is 0.611. The molecule has 0 N–H and O–H groups in total. The number of ether oxygens (including phenoxy) is 2. The van der Waals surface area contributed by atoms with E-state index in [0.29, 0.717) is 25.4 Å². The van der Waals surface area contributed by atoms with Crippen molar-refractivity contribution in [3.05, 3.63) is 29.8 Å². The molecule has 1 aromatic carbocycles. The summed E-state index contributed by atoms with van der Waals surface area (Å²) in [6.07, 6.45) is 3.43. The molecule has 0 aromatic heterocycles. The minimum Gasteiger partial charge on any atom is -0.348 e. The van der Waals surface area contributed by atoms with Crippen LogP contribution >= 0.6 is 0 Å². The number of benzene rings is 1. The lowest BCUT2D eigenvalue weighted by atomic mass is 10.0. The first-order valence-corrected chi connectivity index (χ1v) is 10.8. The SMILES string of the molecule is Cc1ccccc1N(CC(=O)N1CCCCC1C1OCCO1)S(C)(=O)=O. The van der Waals surface area contributed by atoms with Crippen molar-refractivity contribution in [1.82, 2.24) is 4.90 Å². The molecule has 0 aliphatic carbocycles. The summed E-state index contributed by atoms with van der Waals surface area (Å²) in [5.41, 5.74) is 1.34. The molecule has 7 nitrogen and oxygen atoms in total. The molecule has 1 amide bonds. The maximum atomic E-state index is 13.0. The number of likely N-dealkylation sites (tertiary alicyclic amines) is 1. The molecule has 8 heteroatoms. The zero-order valence-corrected chi connectivity index (χ0v) is 16.1. The Kier molecular flexibility index (Phi) is 5.84. The lowest BCUT2D eigenvalue weighted by Crippen LogP contribution is -2.53. The number of nitrogens with zero attached hydrogens (tertiary/aromatic N) is 2. The van der Waals surface area contributed by atoms with E-state index in [4.69, 9.17) is 9.47 Å². The summed E-state index contributed by atoms with van der Waals surface area (Å²) >= 11 is 0. The van der Waals surface area contributed by atoms with Crippen LogP contribution < -0.4 is 4.31 Å². The van der Waals surface area contributed by atoms with E-state index in [1.165, 1.54) is 4.31 Å². The Morgan fingerprint density at radius 1 is 1.23 bits per heavy atom. The van der Waals surface area contributed by atoms with Crippen LogP contribution in [0.5, 0.6) is 0 Å². The van der Waals surface area contributed by atoms with Gasteiger partial charge in [-0.25, -0.2) is 8.42 Å². The van der Waals surface area contributed by atoms with Gasteiger partial charge in [0.2, 0.25) is 15.9 Å². The van der Waals surface area contributed by atoms with Crippen molar-refractivity contribution in [2.45, 2.75) is 38.5 Å². The first-order valence-electron chi connectivity index (χ1n) is 8.94. The number of para-hydroxylation sites is 1. The number of anilines is 1. The third kappa shape index (κ3) is 4.19. The van der Waals surface area contributed by atoms with Gasteiger partial charge in [0, 0.05) is 6.54 Å². The van der Waals surface area contributed by atoms with Crippen molar-refractivity contribution in [3.8, 4) is 0 Å². The smallest absolute Gasteiger partial charge is 0.243 e. The van der Waals surface area contributed by atoms with Crippen LogP contribution in [0.2, 0.25) is 0 Å². The number of amides is 1. The molecule has 144 valence electrons. The highest BCUT2D eigenvalue weighted by Gasteiger charge is 2.37. The molecule has 2 saturated heterocycles. The van der Waals surface area contributed by atoms with Crippen molar-refractivity contribution < 1.29 is 22.7 Å². The summed E-state index contributed by atoms with van der Waals surface area (Å²) in [5.74, 6) is -0.220. The molecule has 3 rings (SSSR count). The molecular formula is C18H26N2O5S. The lowest BCUT2D eigenvalue weighted by Gasteiger charge is -2.39. The van der Waals surface area contributed by atoms with Crippen molar-refractivity contribution in [2.75, 3.05) is 36.9 Å². The maximum absolute atomic E-state index is 13.0. The van der Waals surface area contributed by atoms with E-state index in [2.05, 4.69) is 0 Å². The third-order valence-corrected chi connectivity index (χ3v) is 6.02. The molecule has 1 atom stereocenters. The summed E-state index contributed by atoms with van der Waals surface area (Å²) in [7, 11) is -3.59. The van der Waals surface area contributed by atoms with Crippen LogP contribution in [-0.2, 0) is 24.3 Å². The van der Waals surface area contributed by atoms with E-state index in [1.54, 1.807) is 17.0 Å². The van der Waals surface area contributed by atoms with Gasteiger partial charge in [-0.2, -0.15) is 0 Å². The van der Waals surface area contributed by atoms with E-state index in [-0.39, 0.29) is 18.5 Å². The second-order valence-electron chi connectivity index (χ2n) is 6.82. The molecular weight excluding hydrogens is 356 g/mol. The third-order valence-electron chi connectivity index (χ3n) is 4.89. The number of sulfonamides is 1. The van der Waals surface area contributed by atoms with Crippen LogP contribution in [0.25, 0.3) is 0 Å². The van der Waals surface area contributed by atoms with Gasteiger partial charge in [-0.15, -0.1) is 0 Å². The average molecular weight is 382 g/mol. The topological polar surface area (TPSA) is 76.2 Å². The van der Waals surface area contributed by atoms with Crippen LogP contribution in [0.1, 0.15) is 24.8 Å². The van der Waals surface area contributed by atoms with Crippen LogP contribution in [0.4, 0.5) is 5.69 Å². The van der Waals surface area contributed by atoms with Gasteiger partial charge >= 0.3 is 0 Å². The molecule has 1 unspecified atom stereocenters. The molecule has 1 aromatic rings. The van der Waals surface area contributed by atoms with Crippen LogP contribution in [0, 0.1) is 6.92 Å². The highest BCUT2D eigenvalue weighted by molar-refractivity contribution is 7.92. The molecule has 0 radical (unpaired) electrons. The maximum Gasteiger partial charge on any atom is 0.243 e. The number of aryl methyl sites for hydroxylation is 1. The fourth-order valence-corrected chi connectivity index (χ4v) is 4.49. The first-order chi connectivity index (χ1) is 12.4. The summed E-state index contributed by atoms with van der Waals surface area (Å²) in [4.78, 5) is 14.7. The zero-order valence-electron chi connectivity index (χ0n) is 15.3. The standard InChI is InChI=1S/C18H26N2O5S/c1-14-7-3-4-8-15(14)20(26(2,22)23)13-17(21)19-10-6-5-9-16(19)18-24-11-12-25-18/h3-4,7-8,16,18H,5-6,9-13H2,1-2H3. The highest BCUT2D eigenvalue weighted by atomic mass is 32.2. The summed E-state index contributed by atoms with van der Waals surface area (Å²) in [6, 6.07) is 7.02. The number of carbonyl (C=O) groups is 1. The minimum absolute atomic E-state index is 0.156. The Hall–Kier alpha value is -1.64. The Bertz CT molecular complexity index is 746. The van der Waals surface area contributed by atoms with E-state index in [1.807, 2.05) is 19.1 Å². The van der Waals surface area contributed by atoms with Crippen molar-refractivity contribution in [3.63, 3.8) is 0 Å². The molecule has 2 aliphatic heterocycles. The second kappa shape index (κ2) is 7.94. The van der Waals surface area contributed by atoms with Gasteiger partial charge in [-0.05, 0) is 37.8 Å². The van der Waals surface area contributed by atoms with Crippen LogP contribution in [-0.4, -0.2) is 64.1 Å². The number of rotatable bonds is 5. The number of piperidine rings is 1. The number of hydrogen-bond acceptors (Lipinski definition) is 5. The van der Waals surface area contributed by atoms with Gasteiger partial charge in [0.15, 0.2) is 6.29 Å². The lowest BCUT2D eigenvalue weighted by molar-refractivity contribution is -0.149. The zero-order chi connectivity index (χ0) is 18.7. The van der Waals surface area contributed by atoms with Gasteiger partial charge in [-0.3, -0.25) is 9.10 Å². The highest BCUT2D eigenvalue weighted by Crippen LogP contribution is 2.26. The van der Waals surface area contributed by atoms with Gasteiger partial charge < -0.3 is 14.4 Å². The minimum atomic E-state index is -3.59. The van der Waals surface area contributed by atoms with Gasteiger partial charge in [0.05, 0.1) is 31.2 Å². The summed E-state index contributed by atoms with van der Waals surface area (Å²) in [5, 5.41) is 0. The normalized spacial score (nSPS) is 21.8. The van der Waals surface area contributed by atoms with E-state index in [9.17, 15) is 13.2 Å². The molecule has 0 bridgehead atoms. The fourth-order valence-electron chi connectivity index (χ4n) is 3.59. The number of hydrogen-bond donors (Lipinski definition) is 0. The van der Waals surface area contributed by atoms with Crippen molar-refractivity contribution in [1.29, 1.82) is 0 Å². The Balaban J connectivity index is 1.81. The molecule has 2 heterocycles. The van der Waals surface area contributed by atoms with Crippen LogP contribution in [0.15, 0.2) is 24.3 Å². The largest absolute Gasteiger partial charge is 0.348 e. The predicted molar refractivity (Wildman–Crippen MR) is 98.4 cm³/mol. The van der Waals surface area contributed by atoms with Gasteiger partial charge in [-0.1, -0.05) is 18.2 Å². The average Bonchev–Trinajstić information content (AvgIpc) is 3.14. The molecule has 2 fully saturated rings. The molecule has 0 spiro atoms. The van der Waals surface area contributed by atoms with Crippen LogP contribution in [0.3, 0.4) is 0 Å². The molecule has 0 saturated carbocycles. The quantitative estimate of drug-likeness (QED) is 0.772. The Morgan fingerprint density at radius 2 is 1.92 bits per heavy atom. The predicted octanol–water partition coefficient (Wildman–Crippen LogP) is 1.52. The Labute approximate surface area is 154 Å². The van der Waals surface area contributed by atoms with Crippen molar-refractivity contribution in [2.24, 2.45) is 0 Å².